The maximum absolute atomic E-state index is 4.54. The summed E-state index contributed by atoms with van der Waals surface area (Å²) in [5, 5.41) is 0. The molecule has 0 N–H and O–H groups in total. The van der Waals surface area contributed by atoms with Gasteiger partial charge in [-0.05, 0) is 49.8 Å². The van der Waals surface area contributed by atoms with E-state index in [1.807, 2.05) is 12.1 Å². The lowest BCUT2D eigenvalue weighted by Gasteiger charge is -2.03. The average molecular weight is 226 g/mol. The highest BCUT2D eigenvalue weighted by Crippen LogP contribution is 2.17. The van der Waals surface area contributed by atoms with Crippen molar-refractivity contribution in [2.45, 2.75) is 27.2 Å². The zero-order valence-corrected chi connectivity index (χ0v) is 10.7. The zero-order chi connectivity index (χ0) is 12.3. The van der Waals surface area contributed by atoms with Crippen molar-refractivity contribution in [2.75, 3.05) is 6.54 Å². The van der Waals surface area contributed by atoms with E-state index in [-0.39, 0.29) is 5.92 Å². The van der Waals surface area contributed by atoms with E-state index in [1.165, 1.54) is 11.3 Å². The van der Waals surface area contributed by atoms with Crippen LogP contribution in [0.3, 0.4) is 0 Å². The molecule has 17 heavy (non-hydrogen) atoms. The Morgan fingerprint density at radius 1 is 1.47 bits per heavy atom. The smallest absolute Gasteiger partial charge is 0.113 e. The van der Waals surface area contributed by atoms with Crippen LogP contribution in [0.2, 0.25) is 0 Å². The molecule has 2 nitrogen and oxygen atoms in total. The Bertz CT molecular complexity index is 491. The van der Waals surface area contributed by atoms with Gasteiger partial charge in [0.05, 0.1) is 5.92 Å². The van der Waals surface area contributed by atoms with Crippen LogP contribution >= 0.6 is 0 Å². The number of hydrogen-bond acceptors (Lipinski definition) is 2. The summed E-state index contributed by atoms with van der Waals surface area (Å²) in [5.41, 5.74) is 3.30. The van der Waals surface area contributed by atoms with Gasteiger partial charge in [-0.2, -0.15) is 0 Å². The number of nitrogens with zero attached hydrogens (tertiary/aromatic N) is 2. The number of rotatable bonds is 1. The molecule has 0 saturated heterocycles. The van der Waals surface area contributed by atoms with E-state index in [1.54, 1.807) is 6.20 Å². The molecule has 2 atom stereocenters. The van der Waals surface area contributed by atoms with Gasteiger partial charge in [0.25, 0.3) is 0 Å². The molecule has 0 amide bonds. The van der Waals surface area contributed by atoms with Crippen molar-refractivity contribution in [1.29, 1.82) is 0 Å². The van der Waals surface area contributed by atoms with Gasteiger partial charge in [-0.15, -0.1) is 0 Å². The molecule has 0 spiro atoms. The van der Waals surface area contributed by atoms with Gasteiger partial charge in [0.1, 0.15) is 5.69 Å². The Kier molecular flexibility index (Phi) is 3.58. The van der Waals surface area contributed by atoms with Crippen LogP contribution in [0.25, 0.3) is 0 Å². The molecule has 1 aromatic heterocycles. The van der Waals surface area contributed by atoms with E-state index in [9.17, 15) is 0 Å². The maximum atomic E-state index is 4.54. The Hall–Kier alpha value is -1.62. The van der Waals surface area contributed by atoms with Crippen molar-refractivity contribution in [1.82, 2.24) is 4.98 Å². The molecule has 2 heteroatoms. The van der Waals surface area contributed by atoms with Crippen LogP contribution in [0, 0.1) is 30.6 Å². The summed E-state index contributed by atoms with van der Waals surface area (Å²) < 4.78 is 0. The first-order valence-corrected chi connectivity index (χ1v) is 6.12. The fourth-order valence-corrected chi connectivity index (χ4v) is 1.94. The minimum atomic E-state index is 0.252. The van der Waals surface area contributed by atoms with Crippen molar-refractivity contribution < 1.29 is 0 Å². The summed E-state index contributed by atoms with van der Waals surface area (Å²) in [6, 6.07) is 4.00. The predicted octanol–water partition coefficient (Wildman–Crippen LogP) is 2.86. The van der Waals surface area contributed by atoms with Crippen LogP contribution in [0.5, 0.6) is 0 Å². The number of pyridine rings is 1. The summed E-state index contributed by atoms with van der Waals surface area (Å²) in [6.07, 6.45) is 2.90. The molecule has 0 radical (unpaired) electrons. The SMILES string of the molecule is Cc1ccnc(C#CC(C)C2=NCC(C)C2)c1. The van der Waals surface area contributed by atoms with Crippen LogP contribution in [0.1, 0.15) is 31.5 Å². The molecular formula is C15H18N2. The third-order valence-corrected chi connectivity index (χ3v) is 3.00. The van der Waals surface area contributed by atoms with Crippen LogP contribution in [-0.4, -0.2) is 17.2 Å². The summed E-state index contributed by atoms with van der Waals surface area (Å²) in [6.45, 7) is 7.38. The molecule has 1 aliphatic rings. The van der Waals surface area contributed by atoms with Gasteiger partial charge in [-0.1, -0.05) is 12.8 Å². The van der Waals surface area contributed by atoms with E-state index in [4.69, 9.17) is 0 Å². The number of aryl methyl sites for hydroxylation is 1. The average Bonchev–Trinajstić information content (AvgIpc) is 2.73. The number of hydrogen-bond donors (Lipinski definition) is 0. The second-order valence-electron chi connectivity index (χ2n) is 4.85. The van der Waals surface area contributed by atoms with Crippen molar-refractivity contribution >= 4 is 5.71 Å². The summed E-state index contributed by atoms with van der Waals surface area (Å²) in [5.74, 6) is 7.32. The van der Waals surface area contributed by atoms with E-state index >= 15 is 0 Å². The standard InChI is InChI=1S/C15H18N2/c1-11-6-7-16-14(8-11)5-4-13(3)15-9-12(2)10-17-15/h6-8,12-13H,9-10H2,1-3H3. The van der Waals surface area contributed by atoms with Crippen molar-refractivity contribution in [3.8, 4) is 11.8 Å². The van der Waals surface area contributed by atoms with Gasteiger partial charge < -0.3 is 0 Å². The lowest BCUT2D eigenvalue weighted by atomic mass is 9.99. The van der Waals surface area contributed by atoms with Crippen molar-refractivity contribution in [3.05, 3.63) is 29.6 Å². The van der Waals surface area contributed by atoms with E-state index in [0.717, 1.165) is 18.7 Å². The van der Waals surface area contributed by atoms with E-state index in [2.05, 4.69) is 42.6 Å². The highest BCUT2D eigenvalue weighted by atomic mass is 14.8. The van der Waals surface area contributed by atoms with Gasteiger partial charge >= 0.3 is 0 Å². The summed E-state index contributed by atoms with van der Waals surface area (Å²) >= 11 is 0. The van der Waals surface area contributed by atoms with Crippen LogP contribution < -0.4 is 0 Å². The minimum Gasteiger partial charge on any atom is -0.293 e. The number of aliphatic imine (C=N–C) groups is 1. The van der Waals surface area contributed by atoms with Gasteiger partial charge in [0.15, 0.2) is 0 Å². The quantitative estimate of drug-likeness (QED) is 0.676. The first-order chi connectivity index (χ1) is 8.15. The highest BCUT2D eigenvalue weighted by Gasteiger charge is 2.17. The Labute approximate surface area is 103 Å². The lowest BCUT2D eigenvalue weighted by Crippen LogP contribution is -2.07. The second-order valence-corrected chi connectivity index (χ2v) is 4.85. The van der Waals surface area contributed by atoms with Gasteiger partial charge in [0.2, 0.25) is 0 Å². The van der Waals surface area contributed by atoms with Gasteiger partial charge in [-0.3, -0.25) is 4.99 Å². The van der Waals surface area contributed by atoms with Crippen molar-refractivity contribution in [3.63, 3.8) is 0 Å². The fraction of sp³-hybridized carbons (Fsp3) is 0.467. The largest absolute Gasteiger partial charge is 0.293 e. The van der Waals surface area contributed by atoms with Crippen LogP contribution in [0.4, 0.5) is 0 Å². The summed E-state index contributed by atoms with van der Waals surface area (Å²) in [7, 11) is 0. The lowest BCUT2D eigenvalue weighted by molar-refractivity contribution is 0.660. The number of aromatic nitrogens is 1. The Morgan fingerprint density at radius 3 is 2.94 bits per heavy atom. The second kappa shape index (κ2) is 5.14. The zero-order valence-electron chi connectivity index (χ0n) is 10.7. The molecule has 0 aromatic carbocycles. The predicted molar refractivity (Wildman–Crippen MR) is 71.1 cm³/mol. The molecule has 0 bridgehead atoms. The Morgan fingerprint density at radius 2 is 2.29 bits per heavy atom. The first-order valence-electron chi connectivity index (χ1n) is 6.12. The summed E-state index contributed by atoms with van der Waals surface area (Å²) in [4.78, 5) is 8.78. The molecule has 2 heterocycles. The molecule has 2 rings (SSSR count). The minimum absolute atomic E-state index is 0.252. The molecule has 88 valence electrons. The first kappa shape index (κ1) is 11.9. The van der Waals surface area contributed by atoms with Gasteiger partial charge in [0, 0.05) is 18.5 Å². The molecule has 1 aliphatic heterocycles. The third-order valence-electron chi connectivity index (χ3n) is 3.00. The van der Waals surface area contributed by atoms with E-state index < -0.39 is 0 Å². The normalized spacial score (nSPS) is 20.4. The topological polar surface area (TPSA) is 25.2 Å². The molecular weight excluding hydrogens is 208 g/mol. The fourth-order valence-electron chi connectivity index (χ4n) is 1.94. The molecule has 0 aliphatic carbocycles. The van der Waals surface area contributed by atoms with E-state index in [0.29, 0.717) is 5.92 Å². The van der Waals surface area contributed by atoms with Crippen LogP contribution in [-0.2, 0) is 0 Å². The monoisotopic (exact) mass is 226 g/mol. The Balaban J connectivity index is 2.07. The molecule has 1 aromatic rings. The maximum Gasteiger partial charge on any atom is 0.113 e. The van der Waals surface area contributed by atoms with Gasteiger partial charge in [-0.25, -0.2) is 4.98 Å². The van der Waals surface area contributed by atoms with Crippen molar-refractivity contribution in [2.24, 2.45) is 16.8 Å². The molecule has 0 saturated carbocycles. The molecule has 0 fully saturated rings. The van der Waals surface area contributed by atoms with Crippen LogP contribution in [0.15, 0.2) is 23.3 Å². The molecule has 2 unspecified atom stereocenters. The third kappa shape index (κ3) is 3.17. The highest BCUT2D eigenvalue weighted by molar-refractivity contribution is 5.90.